The molecular weight excluding hydrogens is 430 g/mol. The van der Waals surface area contributed by atoms with Crippen molar-refractivity contribution in [2.45, 2.75) is 17.4 Å². The predicted octanol–water partition coefficient (Wildman–Crippen LogP) is 5.47. The minimum Gasteiger partial charge on any atom is -0.374 e. The summed E-state index contributed by atoms with van der Waals surface area (Å²) < 4.78 is 29.3. The number of aliphatic hydroxyl groups is 1. The molecule has 0 atom stereocenters. The third-order valence-corrected chi connectivity index (χ3v) is 7.72. The first-order valence-electron chi connectivity index (χ1n) is 10.7. The minimum absolute atomic E-state index is 0.166. The molecule has 0 spiro atoms. The molecule has 0 aliphatic carbocycles. The summed E-state index contributed by atoms with van der Waals surface area (Å²) in [4.78, 5) is 0.166. The molecule has 164 valence electrons. The fourth-order valence-corrected chi connectivity index (χ4v) is 5.84. The van der Waals surface area contributed by atoms with Crippen LogP contribution in [0.3, 0.4) is 0 Å². The lowest BCUT2D eigenvalue weighted by Gasteiger charge is -2.31. The Kier molecular flexibility index (Phi) is 5.16. The first kappa shape index (κ1) is 21.2. The van der Waals surface area contributed by atoms with Gasteiger partial charge in [-0.25, -0.2) is 12.4 Å². The zero-order valence-corrected chi connectivity index (χ0v) is 18.9. The Hall–Kier alpha value is -3.67. The number of rotatable bonds is 5. The van der Waals surface area contributed by atoms with E-state index in [0.29, 0.717) is 16.6 Å². The first-order chi connectivity index (χ1) is 15.9. The van der Waals surface area contributed by atoms with Crippen LogP contribution in [0.1, 0.15) is 22.4 Å². The van der Waals surface area contributed by atoms with Crippen molar-refractivity contribution < 1.29 is 13.5 Å². The van der Waals surface area contributed by atoms with E-state index in [0.717, 1.165) is 10.9 Å². The van der Waals surface area contributed by atoms with E-state index in [-0.39, 0.29) is 10.6 Å². The third kappa shape index (κ3) is 3.46. The van der Waals surface area contributed by atoms with Gasteiger partial charge in [-0.15, -0.1) is 0 Å². The Balaban J connectivity index is 1.89. The topological polar surface area (TPSA) is 59.3 Å². The van der Waals surface area contributed by atoms with Crippen molar-refractivity contribution in [3.05, 3.63) is 138 Å². The number of para-hydroxylation sites is 1. The number of aryl methyl sites for hydroxylation is 1. The van der Waals surface area contributed by atoms with Crippen LogP contribution in [0.25, 0.3) is 10.9 Å². The average Bonchev–Trinajstić information content (AvgIpc) is 3.26. The van der Waals surface area contributed by atoms with Gasteiger partial charge >= 0.3 is 0 Å². The second kappa shape index (κ2) is 8.03. The van der Waals surface area contributed by atoms with Crippen molar-refractivity contribution in [3.63, 3.8) is 0 Å². The normalized spacial score (nSPS) is 12.2. The summed E-state index contributed by atoms with van der Waals surface area (Å²) in [6.45, 7) is 1.91. The lowest BCUT2D eigenvalue weighted by Crippen LogP contribution is -2.33. The fourth-order valence-electron chi connectivity index (χ4n) is 4.28. The van der Waals surface area contributed by atoms with E-state index >= 15 is 0 Å². The molecule has 0 saturated heterocycles. The van der Waals surface area contributed by atoms with Gasteiger partial charge in [0.15, 0.2) is 5.60 Å². The number of hydrogen-bond acceptors (Lipinski definition) is 3. The summed E-state index contributed by atoms with van der Waals surface area (Å²) in [6, 6.07) is 34.2. The number of aromatic nitrogens is 1. The van der Waals surface area contributed by atoms with E-state index in [1.165, 1.54) is 3.97 Å². The van der Waals surface area contributed by atoms with Gasteiger partial charge < -0.3 is 5.11 Å². The van der Waals surface area contributed by atoms with Crippen LogP contribution in [-0.2, 0) is 15.6 Å². The van der Waals surface area contributed by atoms with Crippen LogP contribution in [0.5, 0.6) is 0 Å². The lowest BCUT2D eigenvalue weighted by atomic mass is 9.83. The number of hydrogen-bond donors (Lipinski definition) is 1. The van der Waals surface area contributed by atoms with Crippen LogP contribution in [0.4, 0.5) is 0 Å². The predicted molar refractivity (Wildman–Crippen MR) is 131 cm³/mol. The molecule has 1 N–H and O–H groups in total. The minimum atomic E-state index is -4.01. The van der Waals surface area contributed by atoms with Crippen LogP contribution in [0.2, 0.25) is 0 Å². The zero-order chi connectivity index (χ0) is 23.1. The maximum atomic E-state index is 14.0. The molecule has 1 aromatic heterocycles. The molecule has 4 nitrogen and oxygen atoms in total. The van der Waals surface area contributed by atoms with Gasteiger partial charge in [-0.3, -0.25) is 0 Å². The second-order valence-corrected chi connectivity index (χ2v) is 9.90. The monoisotopic (exact) mass is 453 g/mol. The Morgan fingerprint density at radius 1 is 0.697 bits per heavy atom. The van der Waals surface area contributed by atoms with Crippen molar-refractivity contribution in [3.8, 4) is 0 Å². The molecule has 0 aliphatic rings. The molecule has 4 aromatic carbocycles. The van der Waals surface area contributed by atoms with Crippen molar-refractivity contribution in [1.82, 2.24) is 3.97 Å². The van der Waals surface area contributed by atoms with Crippen molar-refractivity contribution in [2.75, 3.05) is 0 Å². The highest BCUT2D eigenvalue weighted by atomic mass is 32.2. The average molecular weight is 454 g/mol. The van der Waals surface area contributed by atoms with Crippen molar-refractivity contribution >= 4 is 20.9 Å². The van der Waals surface area contributed by atoms with Gasteiger partial charge in [0, 0.05) is 5.39 Å². The van der Waals surface area contributed by atoms with E-state index in [1.807, 2.05) is 79.7 Å². The summed E-state index contributed by atoms with van der Waals surface area (Å²) >= 11 is 0. The smallest absolute Gasteiger partial charge is 0.268 e. The van der Waals surface area contributed by atoms with Crippen LogP contribution in [0, 0.1) is 6.92 Å². The molecule has 0 bridgehead atoms. The van der Waals surface area contributed by atoms with E-state index in [1.54, 1.807) is 42.5 Å². The second-order valence-electron chi connectivity index (χ2n) is 8.11. The molecule has 0 unspecified atom stereocenters. The van der Waals surface area contributed by atoms with Crippen LogP contribution >= 0.6 is 0 Å². The molecule has 0 saturated carbocycles. The van der Waals surface area contributed by atoms with E-state index in [4.69, 9.17) is 0 Å². The SMILES string of the molecule is Cc1ccc(S(=O)(=O)n2c(C(O)(c3ccccc3)c3ccccc3)cc3ccccc32)cc1. The van der Waals surface area contributed by atoms with Crippen LogP contribution < -0.4 is 0 Å². The Morgan fingerprint density at radius 2 is 1.21 bits per heavy atom. The Morgan fingerprint density at radius 3 is 1.79 bits per heavy atom. The summed E-state index contributed by atoms with van der Waals surface area (Å²) in [5.74, 6) is 0. The van der Waals surface area contributed by atoms with Crippen molar-refractivity contribution in [1.29, 1.82) is 0 Å². The van der Waals surface area contributed by atoms with Gasteiger partial charge in [-0.05, 0) is 42.3 Å². The van der Waals surface area contributed by atoms with E-state index < -0.39 is 15.6 Å². The van der Waals surface area contributed by atoms with Crippen LogP contribution in [-0.4, -0.2) is 17.5 Å². The van der Waals surface area contributed by atoms with Gasteiger partial charge in [-0.2, -0.15) is 0 Å². The first-order valence-corrected chi connectivity index (χ1v) is 12.1. The molecule has 5 heteroatoms. The quantitative estimate of drug-likeness (QED) is 0.384. The Bertz CT molecular complexity index is 1480. The number of benzene rings is 4. The molecule has 0 aliphatic heterocycles. The molecule has 0 fully saturated rings. The molecule has 0 radical (unpaired) electrons. The Labute approximate surface area is 193 Å². The number of fused-ring (bicyclic) bond motifs is 1. The molecule has 1 heterocycles. The molecule has 5 aromatic rings. The third-order valence-electron chi connectivity index (χ3n) is 5.98. The highest BCUT2D eigenvalue weighted by Crippen LogP contribution is 2.40. The summed E-state index contributed by atoms with van der Waals surface area (Å²) in [7, 11) is -4.01. The lowest BCUT2D eigenvalue weighted by molar-refractivity contribution is 0.120. The van der Waals surface area contributed by atoms with Gasteiger partial charge in [0.2, 0.25) is 0 Å². The summed E-state index contributed by atoms with van der Waals surface area (Å²) in [6.07, 6.45) is 0. The molecule has 33 heavy (non-hydrogen) atoms. The zero-order valence-electron chi connectivity index (χ0n) is 18.1. The largest absolute Gasteiger partial charge is 0.374 e. The highest BCUT2D eigenvalue weighted by molar-refractivity contribution is 7.90. The molecule has 0 amide bonds. The van der Waals surface area contributed by atoms with Gasteiger partial charge in [0.25, 0.3) is 10.0 Å². The molecular formula is C28H23NO3S. The highest BCUT2D eigenvalue weighted by Gasteiger charge is 2.40. The standard InChI is InChI=1S/C28H23NO3S/c1-21-16-18-25(19-17-21)33(31,32)29-26-15-9-8-10-22(26)20-27(29)28(30,23-11-4-2-5-12-23)24-13-6-3-7-14-24/h2-20,30H,1H3. The van der Waals surface area contributed by atoms with Crippen molar-refractivity contribution in [2.24, 2.45) is 0 Å². The summed E-state index contributed by atoms with van der Waals surface area (Å²) in [5, 5.41) is 13.1. The number of nitrogens with zero attached hydrogens (tertiary/aromatic N) is 1. The maximum Gasteiger partial charge on any atom is 0.268 e. The molecule has 5 rings (SSSR count). The van der Waals surface area contributed by atoms with E-state index in [2.05, 4.69) is 0 Å². The van der Waals surface area contributed by atoms with Crippen LogP contribution in [0.15, 0.2) is 120 Å². The van der Waals surface area contributed by atoms with Gasteiger partial charge in [-0.1, -0.05) is 96.6 Å². The van der Waals surface area contributed by atoms with Gasteiger partial charge in [0.05, 0.1) is 16.1 Å². The van der Waals surface area contributed by atoms with Gasteiger partial charge in [0.1, 0.15) is 0 Å². The summed E-state index contributed by atoms with van der Waals surface area (Å²) in [5.41, 5.74) is 1.22. The fraction of sp³-hybridized carbons (Fsp3) is 0.0714. The maximum absolute atomic E-state index is 14.0. The van der Waals surface area contributed by atoms with E-state index in [9.17, 15) is 13.5 Å².